The van der Waals surface area contributed by atoms with Crippen LogP contribution in [0.2, 0.25) is 0 Å². The summed E-state index contributed by atoms with van der Waals surface area (Å²) in [5.74, 6) is -0.713. The molecule has 118 valence electrons. The van der Waals surface area contributed by atoms with Gasteiger partial charge in [0.2, 0.25) is 0 Å². The predicted octanol–water partition coefficient (Wildman–Crippen LogP) is 1.25. The fourth-order valence-electron chi connectivity index (χ4n) is 3.10. The second-order valence-corrected chi connectivity index (χ2v) is 6.08. The maximum Gasteiger partial charge on any atom is 0.323 e. The summed E-state index contributed by atoms with van der Waals surface area (Å²) >= 11 is 0. The van der Waals surface area contributed by atoms with E-state index < -0.39 is 11.5 Å². The van der Waals surface area contributed by atoms with Crippen LogP contribution in [-0.4, -0.2) is 72.7 Å². The van der Waals surface area contributed by atoms with Crippen LogP contribution in [0.15, 0.2) is 0 Å². The van der Waals surface area contributed by atoms with Gasteiger partial charge in [-0.25, -0.2) is 0 Å². The minimum absolute atomic E-state index is 0.635. The van der Waals surface area contributed by atoms with E-state index in [9.17, 15) is 9.90 Å². The van der Waals surface area contributed by atoms with E-state index in [2.05, 4.69) is 29.2 Å². The molecule has 2 unspecified atom stereocenters. The summed E-state index contributed by atoms with van der Waals surface area (Å²) in [4.78, 5) is 16.3. The summed E-state index contributed by atoms with van der Waals surface area (Å²) < 4.78 is 0. The van der Waals surface area contributed by atoms with Crippen LogP contribution >= 0.6 is 0 Å². The van der Waals surface area contributed by atoms with Crippen molar-refractivity contribution in [1.82, 2.24) is 15.1 Å². The minimum atomic E-state index is -0.741. The monoisotopic (exact) mass is 285 g/mol. The number of hydrogen-bond acceptors (Lipinski definition) is 4. The summed E-state index contributed by atoms with van der Waals surface area (Å²) in [6.07, 6.45) is 3.50. The Morgan fingerprint density at radius 1 is 1.45 bits per heavy atom. The van der Waals surface area contributed by atoms with Gasteiger partial charge in [-0.1, -0.05) is 13.8 Å². The molecule has 0 spiro atoms. The third kappa shape index (κ3) is 4.43. The van der Waals surface area contributed by atoms with Gasteiger partial charge >= 0.3 is 5.97 Å². The van der Waals surface area contributed by atoms with Gasteiger partial charge in [0, 0.05) is 12.6 Å². The highest BCUT2D eigenvalue weighted by Gasteiger charge is 2.35. The van der Waals surface area contributed by atoms with Crippen molar-refractivity contribution in [2.24, 2.45) is 0 Å². The Morgan fingerprint density at radius 3 is 2.60 bits per heavy atom. The van der Waals surface area contributed by atoms with E-state index in [4.69, 9.17) is 0 Å². The second-order valence-electron chi connectivity index (χ2n) is 6.08. The van der Waals surface area contributed by atoms with Crippen LogP contribution in [0, 0.1) is 0 Å². The third-order valence-corrected chi connectivity index (χ3v) is 4.58. The molecule has 1 rings (SSSR count). The molecule has 20 heavy (non-hydrogen) atoms. The average Bonchev–Trinajstić information content (AvgIpc) is 2.86. The molecule has 5 nitrogen and oxygen atoms in total. The molecule has 0 saturated carbocycles. The molecule has 0 aromatic heterocycles. The van der Waals surface area contributed by atoms with Gasteiger partial charge in [-0.15, -0.1) is 0 Å². The zero-order valence-electron chi connectivity index (χ0n) is 13.5. The third-order valence-electron chi connectivity index (χ3n) is 4.58. The molecule has 0 aliphatic carbocycles. The summed E-state index contributed by atoms with van der Waals surface area (Å²) in [5.41, 5.74) is -0.741. The fraction of sp³-hybridized carbons (Fsp3) is 0.933. The molecule has 1 aliphatic heterocycles. The van der Waals surface area contributed by atoms with Crippen LogP contribution in [0.5, 0.6) is 0 Å². The van der Waals surface area contributed by atoms with Crippen molar-refractivity contribution >= 4 is 5.97 Å². The van der Waals surface area contributed by atoms with Crippen molar-refractivity contribution in [2.45, 2.75) is 51.1 Å². The number of hydrogen-bond donors (Lipinski definition) is 2. The zero-order valence-corrected chi connectivity index (χ0v) is 13.5. The first kappa shape index (κ1) is 17.4. The smallest absolute Gasteiger partial charge is 0.323 e. The number of nitrogens with one attached hydrogen (secondary N) is 1. The number of carboxylic acid groups (broad SMARTS) is 1. The van der Waals surface area contributed by atoms with Crippen molar-refractivity contribution in [3.05, 3.63) is 0 Å². The number of rotatable bonds is 9. The van der Waals surface area contributed by atoms with E-state index in [-0.39, 0.29) is 0 Å². The van der Waals surface area contributed by atoms with Gasteiger partial charge < -0.3 is 20.2 Å². The van der Waals surface area contributed by atoms with Gasteiger partial charge in [-0.2, -0.15) is 0 Å². The van der Waals surface area contributed by atoms with Crippen molar-refractivity contribution in [3.8, 4) is 0 Å². The lowest BCUT2D eigenvalue weighted by molar-refractivity contribution is -0.145. The number of aliphatic carboxylic acids is 1. The van der Waals surface area contributed by atoms with Crippen LogP contribution in [0.25, 0.3) is 0 Å². The van der Waals surface area contributed by atoms with Gasteiger partial charge in [0.25, 0.3) is 0 Å². The molecule has 0 amide bonds. The molecule has 0 bridgehead atoms. The summed E-state index contributed by atoms with van der Waals surface area (Å²) in [5, 5.41) is 12.7. The highest BCUT2D eigenvalue weighted by atomic mass is 16.4. The second kappa shape index (κ2) is 7.96. The number of carboxylic acids is 1. The molecule has 0 radical (unpaired) electrons. The maximum absolute atomic E-state index is 11.5. The van der Waals surface area contributed by atoms with E-state index in [1.165, 1.54) is 6.42 Å². The molecule has 2 atom stereocenters. The van der Waals surface area contributed by atoms with E-state index in [1.54, 1.807) is 0 Å². The van der Waals surface area contributed by atoms with E-state index in [1.807, 2.05) is 13.8 Å². The highest BCUT2D eigenvalue weighted by Crippen LogP contribution is 2.20. The van der Waals surface area contributed by atoms with E-state index >= 15 is 0 Å². The van der Waals surface area contributed by atoms with Crippen LogP contribution in [0.1, 0.15) is 39.5 Å². The molecular weight excluding hydrogens is 254 g/mol. The SMILES string of the molecule is CCNC(CC)(CCCN1CCC(N(C)C)C1)C(=O)O. The molecule has 1 heterocycles. The fourth-order valence-corrected chi connectivity index (χ4v) is 3.10. The van der Waals surface area contributed by atoms with Gasteiger partial charge in [-0.3, -0.25) is 4.79 Å². The Bertz CT molecular complexity index is 309. The largest absolute Gasteiger partial charge is 0.480 e. The Balaban J connectivity index is 2.40. The molecule has 0 aromatic carbocycles. The van der Waals surface area contributed by atoms with Gasteiger partial charge in [0.1, 0.15) is 5.54 Å². The Labute approximate surface area is 123 Å². The first-order valence-corrected chi connectivity index (χ1v) is 7.82. The lowest BCUT2D eigenvalue weighted by atomic mass is 9.90. The predicted molar refractivity (Wildman–Crippen MR) is 82.1 cm³/mol. The van der Waals surface area contributed by atoms with Gasteiger partial charge in [-0.05, 0) is 59.4 Å². The summed E-state index contributed by atoms with van der Waals surface area (Å²) in [6, 6.07) is 0.652. The minimum Gasteiger partial charge on any atom is -0.480 e. The van der Waals surface area contributed by atoms with Crippen LogP contribution in [0.4, 0.5) is 0 Å². The number of carbonyl (C=O) groups is 1. The first-order chi connectivity index (χ1) is 9.45. The van der Waals surface area contributed by atoms with Gasteiger partial charge in [0.15, 0.2) is 0 Å². The number of likely N-dealkylation sites (tertiary alicyclic amines) is 1. The van der Waals surface area contributed by atoms with Crippen molar-refractivity contribution in [3.63, 3.8) is 0 Å². The molecule has 5 heteroatoms. The Hall–Kier alpha value is -0.650. The van der Waals surface area contributed by atoms with Crippen molar-refractivity contribution < 1.29 is 9.90 Å². The maximum atomic E-state index is 11.5. The van der Waals surface area contributed by atoms with E-state index in [0.717, 1.165) is 26.1 Å². The number of likely N-dealkylation sites (N-methyl/N-ethyl adjacent to an activating group) is 2. The highest BCUT2D eigenvalue weighted by molar-refractivity contribution is 5.78. The van der Waals surface area contributed by atoms with Crippen LogP contribution in [0.3, 0.4) is 0 Å². The molecule has 1 aliphatic rings. The lowest BCUT2D eigenvalue weighted by Gasteiger charge is -2.30. The molecule has 1 fully saturated rings. The summed E-state index contributed by atoms with van der Waals surface area (Å²) in [6.45, 7) is 7.87. The van der Waals surface area contributed by atoms with Crippen LogP contribution in [-0.2, 0) is 4.79 Å². The first-order valence-electron chi connectivity index (χ1n) is 7.82. The number of nitrogens with zero attached hydrogens (tertiary/aromatic N) is 2. The summed E-state index contributed by atoms with van der Waals surface area (Å²) in [7, 11) is 4.26. The zero-order chi connectivity index (χ0) is 15.2. The van der Waals surface area contributed by atoms with Gasteiger partial charge in [0.05, 0.1) is 0 Å². The van der Waals surface area contributed by atoms with Crippen LogP contribution < -0.4 is 5.32 Å². The lowest BCUT2D eigenvalue weighted by Crippen LogP contribution is -2.51. The molecule has 0 aromatic rings. The normalized spacial score (nSPS) is 23.1. The molecular formula is C15H31N3O2. The quantitative estimate of drug-likeness (QED) is 0.668. The van der Waals surface area contributed by atoms with E-state index in [0.29, 0.717) is 25.4 Å². The standard InChI is InChI=1S/C15H31N3O2/c1-5-15(14(19)20,16-6-2)9-7-10-18-11-8-13(12-18)17(3)4/h13,16H,5-12H2,1-4H3,(H,19,20). The Kier molecular flexibility index (Phi) is 6.92. The van der Waals surface area contributed by atoms with Crippen molar-refractivity contribution in [1.29, 1.82) is 0 Å². The Morgan fingerprint density at radius 2 is 2.15 bits per heavy atom. The topological polar surface area (TPSA) is 55.8 Å². The van der Waals surface area contributed by atoms with Crippen molar-refractivity contribution in [2.75, 3.05) is 40.3 Å². The average molecular weight is 285 g/mol. The molecule has 2 N–H and O–H groups in total. The molecule has 1 saturated heterocycles.